The Balaban J connectivity index is 1.94. The van der Waals surface area contributed by atoms with Crippen LogP contribution in [0.1, 0.15) is 64.5 Å². The zero-order valence-electron chi connectivity index (χ0n) is 21.5. The van der Waals surface area contributed by atoms with Gasteiger partial charge in [0.15, 0.2) is 0 Å². The number of anilines is 1. The molecule has 1 N–H and O–H groups in total. The minimum Gasteiger partial charge on any atom is -0.493 e. The van der Waals surface area contributed by atoms with Crippen molar-refractivity contribution in [2.24, 2.45) is 5.41 Å². The molecule has 2 aromatic rings. The third kappa shape index (κ3) is 7.57. The highest BCUT2D eigenvalue weighted by Gasteiger charge is 2.28. The fraction of sp³-hybridized carbons (Fsp3) is 0.519. The number of ether oxygens (including phenoxy) is 1. The van der Waals surface area contributed by atoms with Gasteiger partial charge in [0.1, 0.15) is 5.75 Å². The second kappa shape index (κ2) is 12.4. The van der Waals surface area contributed by atoms with E-state index < -0.39 is 15.4 Å². The van der Waals surface area contributed by atoms with Crippen molar-refractivity contribution in [1.29, 1.82) is 0 Å². The maximum atomic E-state index is 12.9. The minimum absolute atomic E-state index is 0.103. The maximum Gasteiger partial charge on any atom is 0.243 e. The van der Waals surface area contributed by atoms with Crippen LogP contribution in [0, 0.1) is 19.3 Å². The van der Waals surface area contributed by atoms with E-state index in [4.69, 9.17) is 4.74 Å². The van der Waals surface area contributed by atoms with Gasteiger partial charge in [-0.2, -0.15) is 4.31 Å². The quantitative estimate of drug-likeness (QED) is 0.354. The summed E-state index contributed by atoms with van der Waals surface area (Å²) in [7, 11) is -3.54. The summed E-state index contributed by atoms with van der Waals surface area (Å²) in [6.45, 7) is 13.3. The van der Waals surface area contributed by atoms with Crippen molar-refractivity contribution in [3.63, 3.8) is 0 Å². The van der Waals surface area contributed by atoms with Crippen molar-refractivity contribution in [2.75, 3.05) is 25.0 Å². The van der Waals surface area contributed by atoms with Gasteiger partial charge in [-0.25, -0.2) is 8.42 Å². The topological polar surface area (TPSA) is 75.7 Å². The Labute approximate surface area is 205 Å². The summed E-state index contributed by atoms with van der Waals surface area (Å²) in [5.41, 5.74) is 2.25. The molecular weight excluding hydrogens is 448 g/mol. The molecule has 0 bridgehead atoms. The highest BCUT2D eigenvalue weighted by Crippen LogP contribution is 2.27. The van der Waals surface area contributed by atoms with E-state index in [1.165, 1.54) is 4.31 Å². The molecule has 188 valence electrons. The molecule has 0 aliphatic heterocycles. The average molecular weight is 489 g/mol. The summed E-state index contributed by atoms with van der Waals surface area (Å²) < 4.78 is 33.3. The van der Waals surface area contributed by atoms with E-state index in [9.17, 15) is 13.2 Å². The Morgan fingerprint density at radius 1 is 1.00 bits per heavy atom. The van der Waals surface area contributed by atoms with Crippen molar-refractivity contribution < 1.29 is 17.9 Å². The van der Waals surface area contributed by atoms with Gasteiger partial charge in [-0.1, -0.05) is 39.8 Å². The van der Waals surface area contributed by atoms with Gasteiger partial charge in [-0.05, 0) is 81.0 Å². The van der Waals surface area contributed by atoms with Crippen LogP contribution in [0.5, 0.6) is 5.75 Å². The molecule has 34 heavy (non-hydrogen) atoms. The molecular formula is C27H40N2O4S. The predicted octanol–water partition coefficient (Wildman–Crippen LogP) is 5.94. The standard InChI is InChI=1S/C27H40N2O4S/c1-7-17-29(18-8-2)34(31,32)24-14-12-23(13-15-24)28-26(30)27(5,6)16-9-19-33-25-20-21(3)10-11-22(25)4/h10-15,20H,7-9,16-19H2,1-6H3,(H,28,30). The number of sulfonamides is 1. The van der Waals surface area contributed by atoms with E-state index in [-0.39, 0.29) is 10.8 Å². The smallest absolute Gasteiger partial charge is 0.243 e. The second-order valence-electron chi connectivity index (χ2n) is 9.49. The Kier molecular flexibility index (Phi) is 10.1. The van der Waals surface area contributed by atoms with Crippen LogP contribution in [0.2, 0.25) is 0 Å². The molecule has 7 heteroatoms. The first-order chi connectivity index (χ1) is 16.0. The van der Waals surface area contributed by atoms with Gasteiger partial charge in [0, 0.05) is 24.2 Å². The first kappa shape index (κ1) is 27.9. The molecule has 0 aliphatic carbocycles. The minimum atomic E-state index is -3.54. The van der Waals surface area contributed by atoms with Gasteiger partial charge in [0.05, 0.1) is 11.5 Å². The van der Waals surface area contributed by atoms with Crippen molar-refractivity contribution >= 4 is 21.6 Å². The van der Waals surface area contributed by atoms with Crippen LogP contribution in [0.4, 0.5) is 5.69 Å². The highest BCUT2D eigenvalue weighted by molar-refractivity contribution is 7.89. The first-order valence-corrected chi connectivity index (χ1v) is 13.6. The molecule has 0 aliphatic rings. The van der Waals surface area contributed by atoms with Crippen LogP contribution in [0.15, 0.2) is 47.4 Å². The van der Waals surface area contributed by atoms with E-state index >= 15 is 0 Å². The number of nitrogens with one attached hydrogen (secondary N) is 1. The molecule has 0 heterocycles. The lowest BCUT2D eigenvalue weighted by Gasteiger charge is -2.24. The summed E-state index contributed by atoms with van der Waals surface area (Å²) >= 11 is 0. The van der Waals surface area contributed by atoms with Crippen LogP contribution in [-0.2, 0) is 14.8 Å². The van der Waals surface area contributed by atoms with Crippen LogP contribution in [-0.4, -0.2) is 38.3 Å². The van der Waals surface area contributed by atoms with E-state index in [1.54, 1.807) is 24.3 Å². The lowest BCUT2D eigenvalue weighted by atomic mass is 9.87. The van der Waals surface area contributed by atoms with E-state index in [2.05, 4.69) is 11.4 Å². The van der Waals surface area contributed by atoms with Crippen LogP contribution >= 0.6 is 0 Å². The number of aryl methyl sites for hydroxylation is 2. The average Bonchev–Trinajstić information content (AvgIpc) is 2.79. The van der Waals surface area contributed by atoms with Gasteiger partial charge in [-0.15, -0.1) is 0 Å². The molecule has 0 aromatic heterocycles. The normalized spacial score (nSPS) is 12.1. The van der Waals surface area contributed by atoms with E-state index in [0.717, 1.165) is 36.1 Å². The van der Waals surface area contributed by atoms with Gasteiger partial charge in [0.25, 0.3) is 0 Å². The summed E-state index contributed by atoms with van der Waals surface area (Å²) in [6.07, 6.45) is 2.94. The molecule has 2 rings (SSSR count). The van der Waals surface area contributed by atoms with Crippen molar-refractivity contribution in [3.8, 4) is 5.75 Å². The van der Waals surface area contributed by atoms with Crippen molar-refractivity contribution in [1.82, 2.24) is 4.31 Å². The third-order valence-corrected chi connectivity index (χ3v) is 7.77. The molecule has 2 aromatic carbocycles. The molecule has 0 saturated heterocycles. The van der Waals surface area contributed by atoms with Crippen molar-refractivity contribution in [3.05, 3.63) is 53.6 Å². The number of carbonyl (C=O) groups excluding carboxylic acids is 1. The van der Waals surface area contributed by atoms with Gasteiger partial charge >= 0.3 is 0 Å². The Bertz CT molecular complexity index is 1040. The number of rotatable bonds is 13. The molecule has 0 radical (unpaired) electrons. The maximum absolute atomic E-state index is 12.9. The highest BCUT2D eigenvalue weighted by atomic mass is 32.2. The van der Waals surface area contributed by atoms with Gasteiger partial charge < -0.3 is 10.1 Å². The summed E-state index contributed by atoms with van der Waals surface area (Å²) in [5, 5.41) is 2.93. The summed E-state index contributed by atoms with van der Waals surface area (Å²) in [5.74, 6) is 0.780. The number of hydrogen-bond acceptors (Lipinski definition) is 4. The third-order valence-electron chi connectivity index (χ3n) is 5.86. The predicted molar refractivity (Wildman–Crippen MR) is 139 cm³/mol. The molecule has 0 atom stereocenters. The van der Waals surface area contributed by atoms with Gasteiger partial charge in [0.2, 0.25) is 15.9 Å². The molecule has 0 unspecified atom stereocenters. The number of hydrogen-bond donors (Lipinski definition) is 1. The lowest BCUT2D eigenvalue weighted by Crippen LogP contribution is -2.32. The lowest BCUT2D eigenvalue weighted by molar-refractivity contribution is -0.124. The zero-order valence-corrected chi connectivity index (χ0v) is 22.3. The Morgan fingerprint density at radius 3 is 2.21 bits per heavy atom. The van der Waals surface area contributed by atoms with Gasteiger partial charge in [-0.3, -0.25) is 4.79 Å². The number of nitrogens with zero attached hydrogens (tertiary/aromatic N) is 1. The Morgan fingerprint density at radius 2 is 1.62 bits per heavy atom. The SMILES string of the molecule is CCCN(CCC)S(=O)(=O)c1ccc(NC(=O)C(C)(C)CCCOc2cc(C)ccc2C)cc1. The largest absolute Gasteiger partial charge is 0.493 e. The van der Waals surface area contributed by atoms with E-state index in [0.29, 0.717) is 31.8 Å². The van der Waals surface area contributed by atoms with Crippen LogP contribution in [0.3, 0.4) is 0 Å². The fourth-order valence-corrected chi connectivity index (χ4v) is 5.31. The molecule has 0 saturated carbocycles. The molecule has 0 fully saturated rings. The number of carbonyl (C=O) groups is 1. The molecule has 1 amide bonds. The molecule has 0 spiro atoms. The monoisotopic (exact) mass is 488 g/mol. The fourth-order valence-electron chi connectivity index (χ4n) is 3.68. The summed E-state index contributed by atoms with van der Waals surface area (Å²) in [4.78, 5) is 13.1. The van der Waals surface area contributed by atoms with Crippen LogP contribution in [0.25, 0.3) is 0 Å². The zero-order chi connectivity index (χ0) is 25.4. The van der Waals surface area contributed by atoms with E-state index in [1.807, 2.05) is 53.7 Å². The summed E-state index contributed by atoms with van der Waals surface area (Å²) in [6, 6.07) is 12.6. The second-order valence-corrected chi connectivity index (χ2v) is 11.4. The van der Waals surface area contributed by atoms with Crippen molar-refractivity contribution in [2.45, 2.75) is 72.1 Å². The van der Waals surface area contributed by atoms with Crippen LogP contribution < -0.4 is 10.1 Å². The number of amides is 1. The Hall–Kier alpha value is -2.38. The number of benzene rings is 2. The molecule has 6 nitrogen and oxygen atoms in total. The first-order valence-electron chi connectivity index (χ1n) is 12.1.